The van der Waals surface area contributed by atoms with Crippen LogP contribution in [0, 0.1) is 6.92 Å². The van der Waals surface area contributed by atoms with Crippen LogP contribution in [0.2, 0.25) is 0 Å². The van der Waals surface area contributed by atoms with Gasteiger partial charge in [0.2, 0.25) is 0 Å². The smallest absolute Gasteiger partial charge is 0.406 e. The van der Waals surface area contributed by atoms with E-state index in [9.17, 15) is 26.4 Å². The summed E-state index contributed by atoms with van der Waals surface area (Å²) in [6.45, 7) is 1.62. The number of halogens is 3. The van der Waals surface area contributed by atoms with Gasteiger partial charge < -0.3 is 14.6 Å². The normalized spacial score (nSPS) is 18.8. The van der Waals surface area contributed by atoms with E-state index in [1.54, 1.807) is 42.0 Å². The Morgan fingerprint density at radius 1 is 1.05 bits per heavy atom. The topological polar surface area (TPSA) is 102 Å². The molecule has 1 heterocycles. The molecule has 1 fully saturated rings. The number of hydrogen-bond donors (Lipinski definition) is 2. The van der Waals surface area contributed by atoms with Crippen LogP contribution in [0.3, 0.4) is 0 Å². The van der Waals surface area contributed by atoms with Crippen molar-refractivity contribution in [2.24, 2.45) is 0 Å². The predicted molar refractivity (Wildman–Crippen MR) is 136 cm³/mol. The van der Waals surface area contributed by atoms with Crippen LogP contribution >= 0.6 is 0 Å². The Labute approximate surface area is 222 Å². The number of nitrogens with one attached hydrogen (secondary N) is 2. The number of ether oxygens (including phenoxy) is 1. The number of urea groups is 1. The summed E-state index contributed by atoms with van der Waals surface area (Å²) in [7, 11) is -4.18. The molecule has 8 nitrogen and oxygen atoms in total. The number of aryl methyl sites for hydroxylation is 1. The summed E-state index contributed by atoms with van der Waals surface area (Å²) < 4.78 is 72.0. The van der Waals surface area contributed by atoms with Crippen molar-refractivity contribution in [1.29, 1.82) is 0 Å². The van der Waals surface area contributed by atoms with Gasteiger partial charge in [0.1, 0.15) is 17.1 Å². The third-order valence-corrected chi connectivity index (χ3v) is 7.97. The van der Waals surface area contributed by atoms with E-state index >= 15 is 0 Å². The molecule has 202 valence electrons. The maximum absolute atomic E-state index is 13.1. The molecule has 2 N–H and O–H groups in total. The van der Waals surface area contributed by atoms with Crippen LogP contribution < -0.4 is 14.8 Å². The van der Waals surface area contributed by atoms with Gasteiger partial charge >= 0.3 is 12.4 Å². The number of alkyl halides is 3. The summed E-state index contributed by atoms with van der Waals surface area (Å²) in [6, 6.07) is 19.9. The van der Waals surface area contributed by atoms with Crippen molar-refractivity contribution in [3.63, 3.8) is 0 Å². The first-order chi connectivity index (χ1) is 18.5. The van der Waals surface area contributed by atoms with Crippen molar-refractivity contribution in [2.75, 3.05) is 0 Å². The number of carbonyl (C=O) groups is 1. The molecule has 1 unspecified atom stereocenters. The van der Waals surface area contributed by atoms with Gasteiger partial charge in [-0.2, -0.15) is 0 Å². The molecule has 0 spiro atoms. The number of amides is 2. The summed E-state index contributed by atoms with van der Waals surface area (Å²) in [4.78, 5) is 17.5. The summed E-state index contributed by atoms with van der Waals surface area (Å²) in [5.74, 6) is -0.371. The lowest BCUT2D eigenvalue weighted by Crippen LogP contribution is -2.46. The van der Waals surface area contributed by atoms with Gasteiger partial charge in [-0.05, 0) is 42.7 Å². The number of sulfonamides is 1. The maximum Gasteiger partial charge on any atom is 0.573 e. The highest BCUT2D eigenvalue weighted by atomic mass is 32.2. The molecule has 5 rings (SSSR count). The van der Waals surface area contributed by atoms with Gasteiger partial charge in [-0.3, -0.25) is 0 Å². The van der Waals surface area contributed by atoms with E-state index in [1.807, 2.05) is 30.3 Å². The zero-order valence-electron chi connectivity index (χ0n) is 20.5. The molecule has 0 bridgehead atoms. The first-order valence-corrected chi connectivity index (χ1v) is 13.3. The van der Waals surface area contributed by atoms with E-state index in [4.69, 9.17) is 0 Å². The maximum atomic E-state index is 13.1. The van der Waals surface area contributed by atoms with Gasteiger partial charge in [0.25, 0.3) is 10.0 Å². The number of hydrogen-bond acceptors (Lipinski definition) is 5. The minimum Gasteiger partial charge on any atom is -0.406 e. The highest BCUT2D eigenvalue weighted by molar-refractivity contribution is 7.90. The van der Waals surface area contributed by atoms with Crippen LogP contribution in [0.4, 0.5) is 18.0 Å². The van der Waals surface area contributed by atoms with E-state index in [0.717, 1.165) is 5.56 Å². The lowest BCUT2D eigenvalue weighted by Gasteiger charge is -2.22. The highest BCUT2D eigenvalue weighted by Gasteiger charge is 2.60. The van der Waals surface area contributed by atoms with Gasteiger partial charge in [0.05, 0.1) is 10.6 Å². The van der Waals surface area contributed by atoms with E-state index < -0.39 is 33.7 Å². The summed E-state index contributed by atoms with van der Waals surface area (Å²) in [5, 5.41) is 2.80. The van der Waals surface area contributed by atoms with Crippen LogP contribution in [0.15, 0.2) is 96.2 Å². The number of rotatable bonds is 7. The molecule has 0 radical (unpaired) electrons. The van der Waals surface area contributed by atoms with Crippen molar-refractivity contribution in [3.8, 4) is 11.4 Å². The SMILES string of the molecule is Cc1ccccc1S(=O)(=O)NC(=O)NC1(c2nccn2-c2cccc(OC(F)(F)F)c2)C[C@@H]1c1ccccc1. The molecule has 1 saturated carbocycles. The second-order valence-electron chi connectivity index (χ2n) is 9.13. The summed E-state index contributed by atoms with van der Waals surface area (Å²) in [5.41, 5.74) is 0.523. The number of aromatic nitrogens is 2. The predicted octanol–water partition coefficient (Wildman–Crippen LogP) is 5.15. The number of nitrogens with zero attached hydrogens (tertiary/aromatic N) is 2. The van der Waals surface area contributed by atoms with Gasteiger partial charge in [-0.15, -0.1) is 13.2 Å². The van der Waals surface area contributed by atoms with Crippen molar-refractivity contribution in [2.45, 2.75) is 36.1 Å². The standard InChI is InChI=1S/C27H23F3N4O4S/c1-18-8-5-6-13-23(18)39(36,37)33-25(35)32-26(17-22(26)19-9-3-2-4-10-19)24-31-14-15-34(24)20-11-7-12-21(16-20)38-27(28,29)30/h2-16,22H,17H2,1H3,(H2,32,33,35)/t22-,26?/m1/s1. The molecular weight excluding hydrogens is 533 g/mol. The molecule has 12 heteroatoms. The zero-order chi connectivity index (χ0) is 27.8. The minimum atomic E-state index is -4.87. The monoisotopic (exact) mass is 556 g/mol. The molecule has 39 heavy (non-hydrogen) atoms. The molecule has 1 aliphatic rings. The van der Waals surface area contributed by atoms with E-state index in [2.05, 4.69) is 19.8 Å². The number of benzene rings is 3. The molecule has 3 aromatic carbocycles. The number of imidazole rings is 1. The Bertz CT molecular complexity index is 1620. The zero-order valence-corrected chi connectivity index (χ0v) is 21.3. The van der Waals surface area contributed by atoms with Crippen LogP contribution in [0.25, 0.3) is 5.69 Å². The third kappa shape index (κ3) is 5.46. The second-order valence-corrected chi connectivity index (χ2v) is 10.8. The van der Waals surface area contributed by atoms with Crippen molar-refractivity contribution < 1.29 is 31.1 Å². The van der Waals surface area contributed by atoms with E-state index in [0.29, 0.717) is 23.5 Å². The van der Waals surface area contributed by atoms with Gasteiger partial charge in [0, 0.05) is 24.4 Å². The molecule has 0 aliphatic heterocycles. The summed E-state index contributed by atoms with van der Waals surface area (Å²) >= 11 is 0. The fourth-order valence-electron chi connectivity index (χ4n) is 4.73. The largest absolute Gasteiger partial charge is 0.573 e. The first-order valence-electron chi connectivity index (χ1n) is 11.8. The third-order valence-electron chi connectivity index (χ3n) is 6.48. The van der Waals surface area contributed by atoms with Gasteiger partial charge in [-0.25, -0.2) is 22.9 Å². The Kier molecular flexibility index (Phi) is 6.59. The highest BCUT2D eigenvalue weighted by Crippen LogP contribution is 2.58. The minimum absolute atomic E-state index is 0.0346. The second kappa shape index (κ2) is 9.77. The fourth-order valence-corrected chi connectivity index (χ4v) is 5.88. The van der Waals surface area contributed by atoms with Crippen molar-refractivity contribution in [1.82, 2.24) is 19.6 Å². The van der Waals surface area contributed by atoms with Gasteiger partial charge in [-0.1, -0.05) is 54.6 Å². The van der Waals surface area contributed by atoms with Crippen LogP contribution in [0.1, 0.15) is 29.3 Å². The number of carbonyl (C=O) groups excluding carboxylic acids is 1. The lowest BCUT2D eigenvalue weighted by atomic mass is 10.1. The fraction of sp³-hybridized carbons (Fsp3) is 0.185. The molecule has 2 amide bonds. The van der Waals surface area contributed by atoms with Crippen LogP contribution in [-0.4, -0.2) is 30.4 Å². The molecule has 0 saturated heterocycles. The van der Waals surface area contributed by atoms with E-state index in [1.165, 1.54) is 30.5 Å². The van der Waals surface area contributed by atoms with Crippen molar-refractivity contribution in [3.05, 3.63) is 108 Å². The average Bonchev–Trinajstić information content (AvgIpc) is 3.36. The quantitative estimate of drug-likeness (QED) is 0.328. The first kappa shape index (κ1) is 26.3. The van der Waals surface area contributed by atoms with E-state index in [-0.39, 0.29) is 10.8 Å². The molecule has 2 atom stereocenters. The Morgan fingerprint density at radius 2 is 1.77 bits per heavy atom. The molecular formula is C27H23F3N4O4S. The average molecular weight is 557 g/mol. The van der Waals surface area contributed by atoms with Crippen LogP contribution in [-0.2, 0) is 15.6 Å². The Morgan fingerprint density at radius 3 is 2.49 bits per heavy atom. The van der Waals surface area contributed by atoms with Gasteiger partial charge in [0.15, 0.2) is 0 Å². The molecule has 4 aromatic rings. The van der Waals surface area contributed by atoms with Crippen LogP contribution in [0.5, 0.6) is 5.75 Å². The Hall–Kier alpha value is -4.32. The lowest BCUT2D eigenvalue weighted by molar-refractivity contribution is -0.274. The molecule has 1 aromatic heterocycles. The summed E-state index contributed by atoms with van der Waals surface area (Å²) in [6.07, 6.45) is -1.48. The van der Waals surface area contributed by atoms with Crippen molar-refractivity contribution >= 4 is 16.1 Å². The molecule has 1 aliphatic carbocycles. The Balaban J connectivity index is 1.49.